The van der Waals surface area contributed by atoms with Gasteiger partial charge in [-0.3, -0.25) is 9.52 Å². The molecule has 0 radical (unpaired) electrons. The van der Waals surface area contributed by atoms with E-state index >= 15 is 0 Å². The van der Waals surface area contributed by atoms with Gasteiger partial charge < -0.3 is 5.32 Å². The third-order valence-electron chi connectivity index (χ3n) is 3.77. The molecule has 28 heavy (non-hydrogen) atoms. The summed E-state index contributed by atoms with van der Waals surface area (Å²) in [7, 11) is -3.39. The smallest absolute Gasteiger partial charge is 0.242 e. The van der Waals surface area contributed by atoms with Gasteiger partial charge in [0.1, 0.15) is 5.25 Å². The molecule has 1 amide bonds. The quantitative estimate of drug-likeness (QED) is 0.559. The normalized spacial score (nSPS) is 12.2. The Morgan fingerprint density at radius 2 is 1.46 bits per heavy atom. The first-order chi connectivity index (χ1) is 13.4. The highest BCUT2D eigenvalue weighted by Crippen LogP contribution is 2.36. The Morgan fingerprint density at radius 1 is 0.857 bits per heavy atom. The van der Waals surface area contributed by atoms with Gasteiger partial charge in [-0.25, -0.2) is 8.42 Å². The zero-order valence-electron chi connectivity index (χ0n) is 15.2. The van der Waals surface area contributed by atoms with E-state index in [-0.39, 0.29) is 5.91 Å². The van der Waals surface area contributed by atoms with Crippen molar-refractivity contribution in [2.75, 3.05) is 16.3 Å². The second kappa shape index (κ2) is 8.95. The van der Waals surface area contributed by atoms with Gasteiger partial charge in [0.15, 0.2) is 0 Å². The molecule has 2 N–H and O–H groups in total. The molecule has 0 heterocycles. The Labute approximate surface area is 169 Å². The number of amides is 1. The molecule has 144 valence electrons. The fourth-order valence-electron chi connectivity index (χ4n) is 2.62. The number of sulfonamides is 1. The Hall–Kier alpha value is -2.77. The van der Waals surface area contributed by atoms with Crippen LogP contribution in [0.15, 0.2) is 89.8 Å². The SMILES string of the molecule is CS(=O)(=O)Nc1cccc(NC(=O)[C@@H](Sc2ccccc2)c2ccccc2)c1. The highest BCUT2D eigenvalue weighted by atomic mass is 32.2. The van der Waals surface area contributed by atoms with Crippen molar-refractivity contribution in [3.8, 4) is 0 Å². The molecule has 0 fully saturated rings. The van der Waals surface area contributed by atoms with Crippen LogP contribution in [-0.2, 0) is 14.8 Å². The predicted octanol–water partition coefficient (Wildman–Crippen LogP) is 4.53. The third kappa shape index (κ3) is 5.87. The molecular weight excluding hydrogens is 392 g/mol. The highest BCUT2D eigenvalue weighted by Gasteiger charge is 2.22. The van der Waals surface area contributed by atoms with Gasteiger partial charge in [-0.2, -0.15) is 0 Å². The lowest BCUT2D eigenvalue weighted by Gasteiger charge is -2.17. The van der Waals surface area contributed by atoms with E-state index in [4.69, 9.17) is 0 Å². The predicted molar refractivity (Wildman–Crippen MR) is 115 cm³/mol. The van der Waals surface area contributed by atoms with Crippen molar-refractivity contribution in [1.29, 1.82) is 0 Å². The fourth-order valence-corrected chi connectivity index (χ4v) is 4.22. The second-order valence-electron chi connectivity index (χ2n) is 6.17. The molecule has 0 aliphatic rings. The summed E-state index contributed by atoms with van der Waals surface area (Å²) in [5.74, 6) is -0.184. The number of carbonyl (C=O) groups is 1. The van der Waals surface area contributed by atoms with E-state index in [1.807, 2.05) is 60.7 Å². The summed E-state index contributed by atoms with van der Waals surface area (Å²) in [6.07, 6.45) is 1.08. The van der Waals surface area contributed by atoms with Crippen LogP contribution in [0.4, 0.5) is 11.4 Å². The summed E-state index contributed by atoms with van der Waals surface area (Å²) in [4.78, 5) is 14.0. The van der Waals surface area contributed by atoms with Crippen LogP contribution in [-0.4, -0.2) is 20.6 Å². The summed E-state index contributed by atoms with van der Waals surface area (Å²) in [5, 5.41) is 2.44. The minimum absolute atomic E-state index is 0.184. The second-order valence-corrected chi connectivity index (χ2v) is 9.09. The van der Waals surface area contributed by atoms with E-state index in [2.05, 4.69) is 10.0 Å². The Kier molecular flexibility index (Phi) is 6.38. The molecular formula is C21H20N2O3S2. The summed E-state index contributed by atoms with van der Waals surface area (Å²) in [6, 6.07) is 25.9. The van der Waals surface area contributed by atoms with Gasteiger partial charge in [0.2, 0.25) is 15.9 Å². The number of hydrogen-bond donors (Lipinski definition) is 2. The molecule has 1 atom stereocenters. The van der Waals surface area contributed by atoms with Crippen molar-refractivity contribution in [2.45, 2.75) is 10.1 Å². The minimum Gasteiger partial charge on any atom is -0.325 e. The largest absolute Gasteiger partial charge is 0.325 e. The van der Waals surface area contributed by atoms with Crippen molar-refractivity contribution in [1.82, 2.24) is 0 Å². The first kappa shape index (κ1) is 20.0. The summed E-state index contributed by atoms with van der Waals surface area (Å²) >= 11 is 1.46. The molecule has 3 aromatic rings. The summed E-state index contributed by atoms with van der Waals surface area (Å²) in [6.45, 7) is 0. The van der Waals surface area contributed by atoms with Crippen LogP contribution < -0.4 is 10.0 Å². The zero-order valence-corrected chi connectivity index (χ0v) is 16.8. The van der Waals surface area contributed by atoms with Crippen LogP contribution >= 0.6 is 11.8 Å². The van der Waals surface area contributed by atoms with E-state index in [1.54, 1.807) is 24.3 Å². The molecule has 0 bridgehead atoms. The van der Waals surface area contributed by atoms with Gasteiger partial charge in [0.25, 0.3) is 0 Å². The highest BCUT2D eigenvalue weighted by molar-refractivity contribution is 8.00. The monoisotopic (exact) mass is 412 g/mol. The molecule has 3 aromatic carbocycles. The van der Waals surface area contributed by atoms with E-state index < -0.39 is 15.3 Å². The van der Waals surface area contributed by atoms with Crippen LogP contribution in [0.25, 0.3) is 0 Å². The minimum atomic E-state index is -3.39. The standard InChI is InChI=1S/C21H20N2O3S2/c1-28(25,26)23-18-12-8-11-17(15-18)22-21(24)20(16-9-4-2-5-10-16)27-19-13-6-3-7-14-19/h2-15,20,23H,1H3,(H,22,24)/t20-/m0/s1. The zero-order chi connectivity index (χ0) is 20.0. The number of hydrogen-bond acceptors (Lipinski definition) is 4. The fraction of sp³-hybridized carbons (Fsp3) is 0.0952. The van der Waals surface area contributed by atoms with E-state index in [0.29, 0.717) is 11.4 Å². The average Bonchev–Trinajstić information content (AvgIpc) is 2.66. The van der Waals surface area contributed by atoms with Gasteiger partial charge >= 0.3 is 0 Å². The van der Waals surface area contributed by atoms with Crippen LogP contribution in [0.3, 0.4) is 0 Å². The molecule has 0 saturated carbocycles. The molecule has 0 aliphatic heterocycles. The van der Waals surface area contributed by atoms with Crippen LogP contribution in [0.5, 0.6) is 0 Å². The Morgan fingerprint density at radius 3 is 2.11 bits per heavy atom. The van der Waals surface area contributed by atoms with Crippen molar-refractivity contribution >= 4 is 39.1 Å². The Bertz CT molecular complexity index is 1040. The third-order valence-corrected chi connectivity index (χ3v) is 5.64. The van der Waals surface area contributed by atoms with Gasteiger partial charge in [0, 0.05) is 10.6 Å². The van der Waals surface area contributed by atoms with Crippen molar-refractivity contribution in [3.63, 3.8) is 0 Å². The molecule has 0 aliphatic carbocycles. The maximum Gasteiger partial charge on any atom is 0.242 e. The topological polar surface area (TPSA) is 75.3 Å². The first-order valence-electron chi connectivity index (χ1n) is 8.56. The Balaban J connectivity index is 1.83. The lowest BCUT2D eigenvalue weighted by molar-refractivity contribution is -0.115. The summed E-state index contributed by atoms with van der Waals surface area (Å²) in [5.41, 5.74) is 1.81. The lowest BCUT2D eigenvalue weighted by Crippen LogP contribution is -2.19. The number of thioether (sulfide) groups is 1. The number of rotatable bonds is 7. The van der Waals surface area contributed by atoms with Crippen molar-refractivity contribution in [3.05, 3.63) is 90.5 Å². The lowest BCUT2D eigenvalue weighted by atomic mass is 10.1. The van der Waals surface area contributed by atoms with Crippen molar-refractivity contribution in [2.24, 2.45) is 0 Å². The molecule has 0 aromatic heterocycles. The van der Waals surface area contributed by atoms with Gasteiger partial charge in [-0.1, -0.05) is 54.6 Å². The number of benzene rings is 3. The van der Waals surface area contributed by atoms with Gasteiger partial charge in [-0.15, -0.1) is 11.8 Å². The van der Waals surface area contributed by atoms with Crippen LogP contribution in [0, 0.1) is 0 Å². The van der Waals surface area contributed by atoms with Crippen molar-refractivity contribution < 1.29 is 13.2 Å². The summed E-state index contributed by atoms with van der Waals surface area (Å²) < 4.78 is 25.3. The molecule has 0 saturated heterocycles. The van der Waals surface area contributed by atoms with Crippen LogP contribution in [0.2, 0.25) is 0 Å². The van der Waals surface area contributed by atoms with Gasteiger partial charge in [-0.05, 0) is 35.9 Å². The molecule has 0 unspecified atom stereocenters. The number of carbonyl (C=O) groups excluding carboxylic acids is 1. The van der Waals surface area contributed by atoms with E-state index in [9.17, 15) is 13.2 Å². The molecule has 5 nitrogen and oxygen atoms in total. The molecule has 7 heteroatoms. The maximum absolute atomic E-state index is 13.0. The van der Waals surface area contributed by atoms with Crippen LogP contribution in [0.1, 0.15) is 10.8 Å². The molecule has 3 rings (SSSR count). The molecule has 0 spiro atoms. The van der Waals surface area contributed by atoms with Gasteiger partial charge in [0.05, 0.1) is 11.9 Å². The number of anilines is 2. The average molecular weight is 413 g/mol. The first-order valence-corrected chi connectivity index (χ1v) is 11.3. The number of nitrogens with one attached hydrogen (secondary N) is 2. The van der Waals surface area contributed by atoms with E-state index in [0.717, 1.165) is 16.7 Å². The maximum atomic E-state index is 13.0. The van der Waals surface area contributed by atoms with E-state index in [1.165, 1.54) is 11.8 Å².